The molecule has 0 saturated carbocycles. The highest BCUT2D eigenvalue weighted by atomic mass is 16.2. The molecule has 1 saturated heterocycles. The van der Waals surface area contributed by atoms with Gasteiger partial charge >= 0.3 is 0 Å². The van der Waals surface area contributed by atoms with Crippen LogP contribution in [-0.4, -0.2) is 60.4 Å². The molecule has 1 atom stereocenters. The lowest BCUT2D eigenvalue weighted by Crippen LogP contribution is -2.49. The summed E-state index contributed by atoms with van der Waals surface area (Å²) in [6.07, 6.45) is 1.91. The van der Waals surface area contributed by atoms with Crippen molar-refractivity contribution in [3.8, 4) is 0 Å². The highest BCUT2D eigenvalue weighted by Crippen LogP contribution is 2.19. The third-order valence-electron chi connectivity index (χ3n) is 4.09. The molecule has 0 radical (unpaired) electrons. The average Bonchev–Trinajstić information content (AvgIpc) is 2.37. The molecule has 0 aromatic rings. The zero-order valence-corrected chi connectivity index (χ0v) is 12.8. The molecule has 6 nitrogen and oxygen atoms in total. The van der Waals surface area contributed by atoms with Crippen molar-refractivity contribution >= 4 is 11.8 Å². The summed E-state index contributed by atoms with van der Waals surface area (Å²) in [5.74, 6) is -0.0578. The molecule has 1 heterocycles. The van der Waals surface area contributed by atoms with E-state index < -0.39 is 11.9 Å². The van der Waals surface area contributed by atoms with Crippen LogP contribution in [0.15, 0.2) is 0 Å². The number of nitrogens with two attached hydrogens (primary N) is 2. The van der Waals surface area contributed by atoms with Crippen LogP contribution in [0.3, 0.4) is 0 Å². The smallest absolute Gasteiger partial charge is 0.240 e. The highest BCUT2D eigenvalue weighted by molar-refractivity contribution is 5.87. The Balaban J connectivity index is 2.38. The first-order chi connectivity index (χ1) is 9.31. The molecule has 116 valence electrons. The lowest BCUT2D eigenvalue weighted by Gasteiger charge is -2.35. The van der Waals surface area contributed by atoms with E-state index in [1.165, 1.54) is 0 Å². The second-order valence-electron chi connectivity index (χ2n) is 6.08. The van der Waals surface area contributed by atoms with Gasteiger partial charge in [-0.25, -0.2) is 0 Å². The zero-order valence-electron chi connectivity index (χ0n) is 12.8. The van der Waals surface area contributed by atoms with Crippen LogP contribution in [0.2, 0.25) is 0 Å². The van der Waals surface area contributed by atoms with Gasteiger partial charge in [0.1, 0.15) is 0 Å². The molecule has 0 aromatic heterocycles. The van der Waals surface area contributed by atoms with Gasteiger partial charge in [-0.2, -0.15) is 0 Å². The van der Waals surface area contributed by atoms with Gasteiger partial charge in [0.25, 0.3) is 0 Å². The SMILES string of the molecule is CC(C)N(C)CC1CCN(C(=O)C(N)CC(N)=O)CC1. The molecule has 0 aliphatic carbocycles. The molecule has 1 aliphatic rings. The van der Waals surface area contributed by atoms with Crippen molar-refractivity contribution in [2.45, 2.75) is 45.2 Å². The van der Waals surface area contributed by atoms with Crippen LogP contribution < -0.4 is 11.5 Å². The van der Waals surface area contributed by atoms with Crippen molar-refractivity contribution in [1.29, 1.82) is 0 Å². The van der Waals surface area contributed by atoms with E-state index in [2.05, 4.69) is 25.8 Å². The molecule has 4 N–H and O–H groups in total. The predicted octanol–water partition coefficient (Wildman–Crippen LogP) is -0.232. The lowest BCUT2D eigenvalue weighted by molar-refractivity contribution is -0.136. The third kappa shape index (κ3) is 5.09. The number of hydrogen-bond donors (Lipinski definition) is 2. The Kier molecular flexibility index (Phi) is 6.42. The summed E-state index contributed by atoms with van der Waals surface area (Å²) in [6, 6.07) is -0.249. The quantitative estimate of drug-likeness (QED) is 0.704. The molecule has 6 heteroatoms. The Morgan fingerprint density at radius 1 is 1.30 bits per heavy atom. The average molecular weight is 284 g/mol. The van der Waals surface area contributed by atoms with E-state index in [1.54, 1.807) is 4.90 Å². The van der Waals surface area contributed by atoms with Crippen LogP contribution in [0.1, 0.15) is 33.1 Å². The Hall–Kier alpha value is -1.14. The van der Waals surface area contributed by atoms with Crippen molar-refractivity contribution in [2.75, 3.05) is 26.7 Å². The maximum absolute atomic E-state index is 12.1. The van der Waals surface area contributed by atoms with Gasteiger partial charge in [0, 0.05) is 25.7 Å². The van der Waals surface area contributed by atoms with E-state index in [9.17, 15) is 9.59 Å². The highest BCUT2D eigenvalue weighted by Gasteiger charge is 2.27. The number of carbonyl (C=O) groups is 2. The van der Waals surface area contributed by atoms with E-state index in [0.717, 1.165) is 32.5 Å². The van der Waals surface area contributed by atoms with Gasteiger partial charge in [0.05, 0.1) is 12.5 Å². The Morgan fingerprint density at radius 3 is 2.30 bits per heavy atom. The van der Waals surface area contributed by atoms with Gasteiger partial charge in [0.2, 0.25) is 11.8 Å². The standard InChI is InChI=1S/C14H28N4O2/c1-10(2)17(3)9-11-4-6-18(7-5-11)14(20)12(15)8-13(16)19/h10-12H,4-9,15H2,1-3H3,(H2,16,19). The number of rotatable bonds is 6. The van der Waals surface area contributed by atoms with Crippen LogP contribution in [0, 0.1) is 5.92 Å². The molecule has 0 spiro atoms. The molecular formula is C14H28N4O2. The largest absolute Gasteiger partial charge is 0.370 e. The van der Waals surface area contributed by atoms with Gasteiger partial charge < -0.3 is 21.3 Å². The van der Waals surface area contributed by atoms with Gasteiger partial charge in [0.15, 0.2) is 0 Å². The second kappa shape index (κ2) is 7.59. The van der Waals surface area contributed by atoms with Crippen molar-refractivity contribution < 1.29 is 9.59 Å². The Morgan fingerprint density at radius 2 is 1.85 bits per heavy atom. The number of hydrogen-bond acceptors (Lipinski definition) is 4. The van der Waals surface area contributed by atoms with E-state index in [0.29, 0.717) is 12.0 Å². The maximum atomic E-state index is 12.1. The van der Waals surface area contributed by atoms with E-state index in [-0.39, 0.29) is 12.3 Å². The summed E-state index contributed by atoms with van der Waals surface area (Å²) in [7, 11) is 2.13. The topological polar surface area (TPSA) is 92.7 Å². The minimum atomic E-state index is -0.789. The molecule has 1 unspecified atom stereocenters. The summed E-state index contributed by atoms with van der Waals surface area (Å²) in [6.45, 7) is 6.87. The fraction of sp³-hybridized carbons (Fsp3) is 0.857. The number of piperidine rings is 1. The maximum Gasteiger partial charge on any atom is 0.240 e. The summed E-state index contributed by atoms with van der Waals surface area (Å²) in [5.41, 5.74) is 10.8. The van der Waals surface area contributed by atoms with Crippen LogP contribution >= 0.6 is 0 Å². The number of carbonyl (C=O) groups excluding carboxylic acids is 2. The number of primary amides is 1. The first-order valence-electron chi connectivity index (χ1n) is 7.34. The van der Waals surface area contributed by atoms with Crippen molar-refractivity contribution in [3.05, 3.63) is 0 Å². The summed E-state index contributed by atoms with van der Waals surface area (Å²) < 4.78 is 0. The van der Waals surface area contributed by atoms with Gasteiger partial charge in [-0.1, -0.05) is 0 Å². The molecular weight excluding hydrogens is 256 g/mol. The van der Waals surface area contributed by atoms with Crippen molar-refractivity contribution in [2.24, 2.45) is 17.4 Å². The van der Waals surface area contributed by atoms with Crippen LogP contribution in [-0.2, 0) is 9.59 Å². The normalized spacial score (nSPS) is 18.6. The fourth-order valence-electron chi connectivity index (χ4n) is 2.49. The first kappa shape index (κ1) is 16.9. The number of likely N-dealkylation sites (tertiary alicyclic amines) is 1. The molecule has 0 aromatic carbocycles. The van der Waals surface area contributed by atoms with Crippen LogP contribution in [0.25, 0.3) is 0 Å². The van der Waals surface area contributed by atoms with Gasteiger partial charge in [-0.05, 0) is 39.7 Å². The van der Waals surface area contributed by atoms with Gasteiger partial charge in [-0.15, -0.1) is 0 Å². The summed E-state index contributed by atoms with van der Waals surface area (Å²) in [4.78, 5) is 27.0. The minimum Gasteiger partial charge on any atom is -0.370 e. The van der Waals surface area contributed by atoms with Crippen LogP contribution in [0.4, 0.5) is 0 Å². The van der Waals surface area contributed by atoms with E-state index >= 15 is 0 Å². The predicted molar refractivity (Wildman–Crippen MR) is 78.9 cm³/mol. The van der Waals surface area contributed by atoms with E-state index in [4.69, 9.17) is 11.5 Å². The molecule has 20 heavy (non-hydrogen) atoms. The monoisotopic (exact) mass is 284 g/mol. The lowest BCUT2D eigenvalue weighted by atomic mass is 9.95. The number of nitrogens with zero attached hydrogens (tertiary/aromatic N) is 2. The van der Waals surface area contributed by atoms with Crippen molar-refractivity contribution in [1.82, 2.24) is 9.80 Å². The zero-order chi connectivity index (χ0) is 15.3. The Labute approximate surface area is 121 Å². The summed E-state index contributed by atoms with van der Waals surface area (Å²) >= 11 is 0. The van der Waals surface area contributed by atoms with Crippen molar-refractivity contribution in [3.63, 3.8) is 0 Å². The molecule has 1 rings (SSSR count). The molecule has 1 fully saturated rings. The minimum absolute atomic E-state index is 0.0746. The molecule has 2 amide bonds. The third-order valence-corrected chi connectivity index (χ3v) is 4.09. The number of amides is 2. The Bertz CT molecular complexity index is 338. The molecule has 1 aliphatic heterocycles. The summed E-state index contributed by atoms with van der Waals surface area (Å²) in [5, 5.41) is 0. The van der Waals surface area contributed by atoms with E-state index in [1.807, 2.05) is 0 Å². The van der Waals surface area contributed by atoms with Crippen LogP contribution in [0.5, 0.6) is 0 Å². The first-order valence-corrected chi connectivity index (χ1v) is 7.34. The van der Waals surface area contributed by atoms with Gasteiger partial charge in [-0.3, -0.25) is 9.59 Å². The fourth-order valence-corrected chi connectivity index (χ4v) is 2.49. The molecule has 0 bridgehead atoms. The second-order valence-corrected chi connectivity index (χ2v) is 6.08.